The number of rotatable bonds is 4. The van der Waals surface area contributed by atoms with Crippen LogP contribution in [0.25, 0.3) is 22.1 Å². The summed E-state index contributed by atoms with van der Waals surface area (Å²) < 4.78 is 43.2. The fourth-order valence-corrected chi connectivity index (χ4v) is 4.47. The van der Waals surface area contributed by atoms with Gasteiger partial charge in [0, 0.05) is 30.9 Å². The molecule has 12 heteroatoms. The van der Waals surface area contributed by atoms with Gasteiger partial charge in [-0.15, -0.1) is 0 Å². The van der Waals surface area contributed by atoms with Crippen molar-refractivity contribution in [2.45, 2.75) is 24.9 Å². The minimum absolute atomic E-state index is 0.0558. The number of hydrogen-bond donors (Lipinski definition) is 2. The number of amides is 2. The number of aliphatic hydroxyl groups excluding tert-OH is 1. The van der Waals surface area contributed by atoms with Gasteiger partial charge in [0.1, 0.15) is 12.2 Å². The fourth-order valence-electron chi connectivity index (χ4n) is 4.47. The van der Waals surface area contributed by atoms with Crippen molar-refractivity contribution in [3.8, 4) is 0 Å². The van der Waals surface area contributed by atoms with Crippen LogP contribution < -0.4 is 5.73 Å². The number of likely N-dealkylation sites (tertiary alicyclic amines) is 1. The highest BCUT2D eigenvalue weighted by atomic mass is 19.4. The number of fused-ring (bicyclic) bond motifs is 2. The third-order valence-corrected chi connectivity index (χ3v) is 6.05. The average Bonchev–Trinajstić information content (AvgIpc) is 3.48. The maximum absolute atomic E-state index is 13.6. The fraction of sp³-hybridized carbons (Fsp3) is 0.273. The van der Waals surface area contributed by atoms with Gasteiger partial charge in [-0.1, -0.05) is 12.1 Å². The van der Waals surface area contributed by atoms with Gasteiger partial charge in [0.2, 0.25) is 17.6 Å². The predicted octanol–water partition coefficient (Wildman–Crippen LogP) is 1.95. The van der Waals surface area contributed by atoms with E-state index in [0.717, 1.165) is 4.57 Å². The summed E-state index contributed by atoms with van der Waals surface area (Å²) in [6.45, 7) is -0.585. The van der Waals surface area contributed by atoms with E-state index in [1.165, 1.54) is 29.3 Å². The Balaban J connectivity index is 1.43. The molecule has 9 nitrogen and oxygen atoms in total. The quantitative estimate of drug-likeness (QED) is 0.471. The molecule has 0 aliphatic carbocycles. The van der Waals surface area contributed by atoms with Gasteiger partial charge in [-0.3, -0.25) is 9.59 Å². The minimum atomic E-state index is -4.74. The highest BCUT2D eigenvalue weighted by molar-refractivity contribution is 6.04. The van der Waals surface area contributed by atoms with Gasteiger partial charge in [-0.25, -0.2) is 9.97 Å². The average molecular weight is 472 g/mol. The van der Waals surface area contributed by atoms with Gasteiger partial charge in [-0.05, 0) is 24.3 Å². The molecule has 2 amide bonds. The third kappa shape index (κ3) is 3.55. The molecule has 1 aliphatic rings. The number of nitrogens with two attached hydrogens (primary N) is 1. The largest absolute Gasteiger partial charge is 0.449 e. The summed E-state index contributed by atoms with van der Waals surface area (Å²) in [5, 5.41) is 11.2. The molecule has 0 unspecified atom stereocenters. The van der Waals surface area contributed by atoms with Gasteiger partial charge in [0.05, 0.1) is 28.7 Å². The Labute approximate surface area is 190 Å². The maximum atomic E-state index is 13.6. The second-order valence-corrected chi connectivity index (χ2v) is 8.12. The van der Waals surface area contributed by atoms with Gasteiger partial charge in [0.15, 0.2) is 0 Å². The number of aliphatic hydroxyl groups is 1. The topological polar surface area (TPSA) is 119 Å². The van der Waals surface area contributed by atoms with Crippen LogP contribution >= 0.6 is 0 Å². The molecule has 0 spiro atoms. The summed E-state index contributed by atoms with van der Waals surface area (Å²) in [6.07, 6.45) is -2.66. The molecule has 2 atom stereocenters. The number of alkyl halides is 3. The molecular formula is C22H19F3N6O3. The zero-order valence-electron chi connectivity index (χ0n) is 17.6. The second kappa shape index (κ2) is 7.83. The normalized spacial score (nSPS) is 18.8. The zero-order valence-corrected chi connectivity index (χ0v) is 17.6. The van der Waals surface area contributed by atoms with E-state index in [9.17, 15) is 27.9 Å². The van der Waals surface area contributed by atoms with Crippen molar-refractivity contribution in [2.75, 3.05) is 13.1 Å². The molecule has 1 fully saturated rings. The summed E-state index contributed by atoms with van der Waals surface area (Å²) in [5.74, 6) is -2.36. The van der Waals surface area contributed by atoms with Crippen LogP contribution in [0.4, 0.5) is 13.2 Å². The molecule has 5 rings (SSSR count). The predicted molar refractivity (Wildman–Crippen MR) is 115 cm³/mol. The number of carbonyl (C=O) groups is 2. The van der Waals surface area contributed by atoms with Gasteiger partial charge < -0.3 is 24.9 Å². The van der Waals surface area contributed by atoms with E-state index in [0.29, 0.717) is 11.0 Å². The van der Waals surface area contributed by atoms with Crippen LogP contribution in [0.2, 0.25) is 0 Å². The van der Waals surface area contributed by atoms with Crippen molar-refractivity contribution in [1.29, 1.82) is 0 Å². The zero-order chi connectivity index (χ0) is 24.2. The number of aromatic nitrogens is 4. The van der Waals surface area contributed by atoms with Crippen LogP contribution in [-0.2, 0) is 17.5 Å². The lowest BCUT2D eigenvalue weighted by molar-refractivity contribution is -0.148. The van der Waals surface area contributed by atoms with E-state index in [1.54, 1.807) is 29.0 Å². The number of imidazole rings is 1. The Hall–Kier alpha value is -3.93. The van der Waals surface area contributed by atoms with Crippen molar-refractivity contribution in [2.24, 2.45) is 5.73 Å². The van der Waals surface area contributed by atoms with Crippen LogP contribution in [0.3, 0.4) is 0 Å². The van der Waals surface area contributed by atoms with E-state index >= 15 is 0 Å². The van der Waals surface area contributed by atoms with Crippen molar-refractivity contribution in [3.05, 3.63) is 60.2 Å². The summed E-state index contributed by atoms with van der Waals surface area (Å²) >= 11 is 0. The number of hydrogen-bond acceptors (Lipinski definition) is 5. The molecular weight excluding hydrogens is 453 g/mol. The molecule has 0 bridgehead atoms. The number of para-hydroxylation sites is 2. The first-order chi connectivity index (χ1) is 16.1. The lowest BCUT2D eigenvalue weighted by Crippen LogP contribution is -2.33. The van der Waals surface area contributed by atoms with E-state index in [1.807, 2.05) is 0 Å². The molecule has 176 valence electrons. The van der Waals surface area contributed by atoms with Crippen LogP contribution in [0, 0.1) is 0 Å². The van der Waals surface area contributed by atoms with Gasteiger partial charge >= 0.3 is 6.18 Å². The van der Waals surface area contributed by atoms with Crippen molar-refractivity contribution in [3.63, 3.8) is 0 Å². The Morgan fingerprint density at radius 3 is 2.65 bits per heavy atom. The Kier molecular flexibility index (Phi) is 5.04. The molecule has 4 aromatic rings. The number of benzene rings is 1. The van der Waals surface area contributed by atoms with Gasteiger partial charge in [0.25, 0.3) is 0 Å². The molecule has 3 aromatic heterocycles. The number of carbonyl (C=O) groups excluding carboxylic acids is 2. The lowest BCUT2D eigenvalue weighted by atomic mass is 10.2. The van der Waals surface area contributed by atoms with Gasteiger partial charge in [-0.2, -0.15) is 13.2 Å². The first-order valence-corrected chi connectivity index (χ1v) is 10.4. The number of halogens is 3. The summed E-state index contributed by atoms with van der Waals surface area (Å²) in [5.41, 5.74) is 6.43. The summed E-state index contributed by atoms with van der Waals surface area (Å²) in [7, 11) is 0. The Morgan fingerprint density at radius 1 is 1.15 bits per heavy atom. The van der Waals surface area contributed by atoms with Crippen molar-refractivity contribution >= 4 is 33.9 Å². The first kappa shape index (κ1) is 21.9. The number of primary amides is 1. The summed E-state index contributed by atoms with van der Waals surface area (Å²) in [4.78, 5) is 33.9. The molecule has 3 N–H and O–H groups in total. The Bertz CT molecular complexity index is 1430. The van der Waals surface area contributed by atoms with Crippen LogP contribution in [0.15, 0.2) is 48.8 Å². The summed E-state index contributed by atoms with van der Waals surface area (Å²) in [6, 6.07) is 8.61. The molecule has 1 aliphatic heterocycles. The minimum Gasteiger partial charge on any atom is -0.389 e. The maximum Gasteiger partial charge on any atom is 0.449 e. The second-order valence-electron chi connectivity index (χ2n) is 8.12. The number of β-amino-alcohol motifs (C(OH)–C–C–N with tert-alkyl or cyclic N) is 1. The third-order valence-electron chi connectivity index (χ3n) is 6.05. The highest BCUT2D eigenvalue weighted by Gasteiger charge is 2.40. The molecule has 1 saturated heterocycles. The lowest BCUT2D eigenvalue weighted by Gasteiger charge is -2.19. The monoisotopic (exact) mass is 472 g/mol. The van der Waals surface area contributed by atoms with Crippen LogP contribution in [0.5, 0.6) is 0 Å². The number of nitrogens with zero attached hydrogens (tertiary/aromatic N) is 5. The Morgan fingerprint density at radius 2 is 1.91 bits per heavy atom. The molecule has 34 heavy (non-hydrogen) atoms. The highest BCUT2D eigenvalue weighted by Crippen LogP contribution is 2.32. The van der Waals surface area contributed by atoms with E-state index in [4.69, 9.17) is 5.73 Å². The molecule has 0 saturated carbocycles. The molecule has 0 radical (unpaired) electrons. The molecule has 4 heterocycles. The van der Waals surface area contributed by atoms with Crippen LogP contribution in [0.1, 0.15) is 22.2 Å². The van der Waals surface area contributed by atoms with Crippen LogP contribution in [-0.4, -0.2) is 60.1 Å². The SMILES string of the molecule is NC(=O)c1ccnc2c1ccn2[C@@H]1CN(C(=O)Cn2c(C(F)(F)F)nc3ccccc32)C[C@H]1O. The number of pyridine rings is 1. The standard InChI is InChI=1S/C22H19F3N6O3/c23-22(24,25)21-28-14-3-1-2-4-15(14)31(21)11-18(33)29-9-16(17(32)10-29)30-8-6-13-12(19(26)34)5-7-27-20(13)30/h1-8,16-17,32H,9-11H2,(H2,26,34)/t16-,17-/m1/s1. The van der Waals surface area contributed by atoms with E-state index in [2.05, 4.69) is 9.97 Å². The first-order valence-electron chi connectivity index (χ1n) is 10.4. The molecule has 1 aromatic carbocycles. The smallest absolute Gasteiger partial charge is 0.389 e. The van der Waals surface area contributed by atoms with E-state index < -0.39 is 42.5 Å². The van der Waals surface area contributed by atoms with E-state index in [-0.39, 0.29) is 29.7 Å². The van der Waals surface area contributed by atoms with Crippen molar-refractivity contribution in [1.82, 2.24) is 24.0 Å². The van der Waals surface area contributed by atoms with Crippen molar-refractivity contribution < 1.29 is 27.9 Å².